The van der Waals surface area contributed by atoms with E-state index >= 15 is 0 Å². The van der Waals surface area contributed by atoms with Crippen LogP contribution < -0.4 is 5.32 Å². The number of likely N-dealkylation sites (tertiary alicyclic amines) is 1. The Bertz CT molecular complexity index is 658. The average Bonchev–Trinajstić information content (AvgIpc) is 2.67. The lowest BCUT2D eigenvalue weighted by Gasteiger charge is -2.33. The van der Waals surface area contributed by atoms with E-state index in [-0.39, 0.29) is 35.9 Å². The van der Waals surface area contributed by atoms with Crippen LogP contribution in [0.15, 0.2) is 29.3 Å². The maximum absolute atomic E-state index is 12.6. The monoisotopic (exact) mass is 527 g/mol. The van der Waals surface area contributed by atoms with E-state index in [2.05, 4.69) is 15.2 Å². The summed E-state index contributed by atoms with van der Waals surface area (Å²) in [5.74, 6) is 0.578. The molecular formula is C20H29F3IN3O2. The lowest BCUT2D eigenvalue weighted by molar-refractivity contribution is -0.149. The minimum atomic E-state index is -4.31. The molecule has 0 aliphatic carbocycles. The standard InChI is InChI=1S/C20H28F3N3O2.HI/c1-3-24-19(26-13-10-16(11-14-26)18(27)28-4-2)25-12-9-15-5-7-17(8-6-15)20(21,22)23;/h5-8,16H,3-4,9-14H2,1-2H3,(H,24,25);1H. The average molecular weight is 527 g/mol. The predicted octanol–water partition coefficient (Wildman–Crippen LogP) is 4.11. The summed E-state index contributed by atoms with van der Waals surface area (Å²) in [6.07, 6.45) is -2.30. The minimum absolute atomic E-state index is 0. The first-order valence-electron chi connectivity index (χ1n) is 9.71. The van der Waals surface area contributed by atoms with Gasteiger partial charge in [-0.1, -0.05) is 12.1 Å². The molecule has 1 fully saturated rings. The number of esters is 1. The summed E-state index contributed by atoms with van der Waals surface area (Å²) < 4.78 is 43.0. The summed E-state index contributed by atoms with van der Waals surface area (Å²) in [5.41, 5.74) is 0.172. The Kier molecular flexibility index (Phi) is 10.8. The molecule has 1 aliphatic heterocycles. The first kappa shape index (κ1) is 25.5. The molecule has 0 saturated carbocycles. The molecule has 0 unspecified atom stereocenters. The zero-order chi connectivity index (χ0) is 20.6. The predicted molar refractivity (Wildman–Crippen MR) is 117 cm³/mol. The van der Waals surface area contributed by atoms with Crippen LogP contribution in [0.1, 0.15) is 37.8 Å². The van der Waals surface area contributed by atoms with Crippen molar-refractivity contribution >= 4 is 35.9 Å². The Morgan fingerprint density at radius 2 is 1.83 bits per heavy atom. The second kappa shape index (κ2) is 12.2. The van der Waals surface area contributed by atoms with Gasteiger partial charge in [-0.2, -0.15) is 13.2 Å². The largest absolute Gasteiger partial charge is 0.466 e. The van der Waals surface area contributed by atoms with Gasteiger partial charge in [0.2, 0.25) is 0 Å². The summed E-state index contributed by atoms with van der Waals surface area (Å²) in [6, 6.07) is 5.20. The number of hydrogen-bond donors (Lipinski definition) is 1. The molecule has 9 heteroatoms. The van der Waals surface area contributed by atoms with Crippen LogP contribution in [-0.4, -0.2) is 49.6 Å². The third-order valence-corrected chi connectivity index (χ3v) is 4.69. The molecule has 1 aromatic carbocycles. The maximum atomic E-state index is 12.6. The van der Waals surface area contributed by atoms with E-state index in [1.807, 2.05) is 6.92 Å². The molecule has 0 radical (unpaired) electrons. The number of guanidine groups is 1. The summed E-state index contributed by atoms with van der Waals surface area (Å²) >= 11 is 0. The molecule has 29 heavy (non-hydrogen) atoms. The van der Waals surface area contributed by atoms with Gasteiger partial charge in [-0.05, 0) is 50.8 Å². The van der Waals surface area contributed by atoms with Crippen molar-refractivity contribution in [1.29, 1.82) is 0 Å². The summed E-state index contributed by atoms with van der Waals surface area (Å²) in [6.45, 7) is 6.82. The number of carbonyl (C=O) groups is 1. The van der Waals surface area contributed by atoms with E-state index in [0.29, 0.717) is 19.6 Å². The van der Waals surface area contributed by atoms with Gasteiger partial charge in [-0.3, -0.25) is 9.79 Å². The zero-order valence-electron chi connectivity index (χ0n) is 16.8. The molecule has 1 saturated heterocycles. The number of piperidine rings is 1. The van der Waals surface area contributed by atoms with E-state index in [4.69, 9.17) is 4.74 Å². The molecule has 0 amide bonds. The van der Waals surface area contributed by atoms with Crippen molar-refractivity contribution in [2.75, 3.05) is 32.8 Å². The Morgan fingerprint density at radius 3 is 2.34 bits per heavy atom. The number of rotatable bonds is 6. The lowest BCUT2D eigenvalue weighted by Crippen LogP contribution is -2.46. The van der Waals surface area contributed by atoms with Crippen molar-refractivity contribution in [3.05, 3.63) is 35.4 Å². The van der Waals surface area contributed by atoms with E-state index in [9.17, 15) is 18.0 Å². The van der Waals surface area contributed by atoms with Gasteiger partial charge < -0.3 is 15.0 Å². The van der Waals surface area contributed by atoms with Gasteiger partial charge in [0.1, 0.15) is 0 Å². The molecule has 0 aromatic heterocycles. The molecule has 1 N–H and O–H groups in total. The minimum Gasteiger partial charge on any atom is -0.466 e. The van der Waals surface area contributed by atoms with Crippen molar-refractivity contribution in [3.63, 3.8) is 0 Å². The summed E-state index contributed by atoms with van der Waals surface area (Å²) in [4.78, 5) is 18.6. The van der Waals surface area contributed by atoms with Crippen molar-refractivity contribution < 1.29 is 22.7 Å². The number of aliphatic imine (C=N–C) groups is 1. The molecule has 1 aromatic rings. The fourth-order valence-corrected chi connectivity index (χ4v) is 3.16. The van der Waals surface area contributed by atoms with Gasteiger partial charge >= 0.3 is 12.1 Å². The van der Waals surface area contributed by atoms with Crippen LogP contribution in [0.5, 0.6) is 0 Å². The number of hydrogen-bond acceptors (Lipinski definition) is 3. The molecule has 1 aliphatic rings. The normalized spacial score (nSPS) is 15.6. The third kappa shape index (κ3) is 8.02. The molecule has 0 bridgehead atoms. The van der Waals surface area contributed by atoms with Gasteiger partial charge in [0.05, 0.1) is 18.1 Å². The second-order valence-corrected chi connectivity index (χ2v) is 6.69. The van der Waals surface area contributed by atoms with Crippen molar-refractivity contribution in [2.24, 2.45) is 10.9 Å². The second-order valence-electron chi connectivity index (χ2n) is 6.69. The van der Waals surface area contributed by atoms with Gasteiger partial charge in [0.25, 0.3) is 0 Å². The molecule has 164 valence electrons. The zero-order valence-corrected chi connectivity index (χ0v) is 19.1. The quantitative estimate of drug-likeness (QED) is 0.262. The smallest absolute Gasteiger partial charge is 0.416 e. The summed E-state index contributed by atoms with van der Waals surface area (Å²) in [5, 5.41) is 3.25. The van der Waals surface area contributed by atoms with Crippen LogP contribution in [0, 0.1) is 5.92 Å². The van der Waals surface area contributed by atoms with Gasteiger partial charge in [-0.15, -0.1) is 24.0 Å². The molecule has 0 atom stereocenters. The SMILES string of the molecule is CCNC(=NCCc1ccc(C(F)(F)F)cc1)N1CCC(C(=O)OCC)CC1.I. The maximum Gasteiger partial charge on any atom is 0.416 e. The Labute approximate surface area is 187 Å². The van der Waals surface area contributed by atoms with E-state index < -0.39 is 11.7 Å². The molecule has 2 rings (SSSR count). The fraction of sp³-hybridized carbons (Fsp3) is 0.600. The van der Waals surface area contributed by atoms with E-state index in [0.717, 1.165) is 56.1 Å². The van der Waals surface area contributed by atoms with E-state index in [1.54, 1.807) is 6.92 Å². The first-order valence-corrected chi connectivity index (χ1v) is 9.71. The third-order valence-electron chi connectivity index (χ3n) is 4.69. The molecule has 0 spiro atoms. The van der Waals surface area contributed by atoms with Crippen LogP contribution in [-0.2, 0) is 22.1 Å². The number of benzene rings is 1. The van der Waals surface area contributed by atoms with Crippen LogP contribution in [0.3, 0.4) is 0 Å². The summed E-state index contributed by atoms with van der Waals surface area (Å²) in [7, 11) is 0. The Hall–Kier alpha value is -1.52. The molecular weight excluding hydrogens is 498 g/mol. The van der Waals surface area contributed by atoms with Crippen molar-refractivity contribution in [3.8, 4) is 0 Å². The topological polar surface area (TPSA) is 53.9 Å². The number of halogens is 4. The van der Waals surface area contributed by atoms with E-state index in [1.165, 1.54) is 12.1 Å². The molecule has 1 heterocycles. The first-order chi connectivity index (χ1) is 13.3. The number of ether oxygens (including phenoxy) is 1. The number of carbonyl (C=O) groups excluding carboxylic acids is 1. The van der Waals surface area contributed by atoms with Crippen molar-refractivity contribution in [2.45, 2.75) is 39.3 Å². The highest BCUT2D eigenvalue weighted by Crippen LogP contribution is 2.29. The van der Waals surface area contributed by atoms with Gasteiger partial charge in [0, 0.05) is 26.2 Å². The lowest BCUT2D eigenvalue weighted by atomic mass is 9.97. The number of nitrogens with zero attached hydrogens (tertiary/aromatic N) is 2. The van der Waals surface area contributed by atoms with Gasteiger partial charge in [0.15, 0.2) is 5.96 Å². The van der Waals surface area contributed by atoms with Gasteiger partial charge in [-0.25, -0.2) is 0 Å². The molecule has 5 nitrogen and oxygen atoms in total. The van der Waals surface area contributed by atoms with Crippen LogP contribution in [0.25, 0.3) is 0 Å². The van der Waals surface area contributed by atoms with Crippen molar-refractivity contribution in [1.82, 2.24) is 10.2 Å². The Balaban J connectivity index is 0.00000420. The highest BCUT2D eigenvalue weighted by atomic mass is 127. The Morgan fingerprint density at radius 1 is 1.21 bits per heavy atom. The van der Waals surface area contributed by atoms with Crippen LogP contribution in [0.4, 0.5) is 13.2 Å². The highest BCUT2D eigenvalue weighted by Gasteiger charge is 2.30. The number of alkyl halides is 3. The number of nitrogens with one attached hydrogen (secondary N) is 1. The van der Waals surface area contributed by atoms with Crippen LogP contribution in [0.2, 0.25) is 0 Å². The van der Waals surface area contributed by atoms with Crippen LogP contribution >= 0.6 is 24.0 Å². The fourth-order valence-electron chi connectivity index (χ4n) is 3.16. The highest BCUT2D eigenvalue weighted by molar-refractivity contribution is 14.0.